The second-order valence-electron chi connectivity index (χ2n) is 6.50. The predicted octanol–water partition coefficient (Wildman–Crippen LogP) is 4.22. The standard InChI is InChI=1S/C19H20BrFN2O3S/c1-2-9-23-18(24)8-5-14-10-16(11-17(21)19(14)23)22-27(25,26)12-13-3-6-15(20)7-4-13/h3-4,6-7,10-11,22H,2,5,8-9,12H2,1H3. The van der Waals surface area contributed by atoms with Crippen molar-refractivity contribution in [3.8, 4) is 0 Å². The molecular formula is C19H20BrFN2O3S. The number of fused-ring (bicyclic) bond motifs is 1. The summed E-state index contributed by atoms with van der Waals surface area (Å²) in [7, 11) is -3.69. The molecule has 2 aromatic carbocycles. The number of sulfonamides is 1. The summed E-state index contributed by atoms with van der Waals surface area (Å²) in [5.41, 5.74) is 1.71. The summed E-state index contributed by atoms with van der Waals surface area (Å²) in [6, 6.07) is 9.72. The zero-order valence-corrected chi connectivity index (χ0v) is 17.2. The van der Waals surface area contributed by atoms with Crippen molar-refractivity contribution in [2.45, 2.75) is 31.9 Å². The molecule has 27 heavy (non-hydrogen) atoms. The molecule has 1 heterocycles. The number of hydrogen-bond donors (Lipinski definition) is 1. The van der Waals surface area contributed by atoms with Crippen LogP contribution in [0.5, 0.6) is 0 Å². The van der Waals surface area contributed by atoms with E-state index in [0.29, 0.717) is 36.9 Å². The molecule has 0 aliphatic carbocycles. The molecule has 1 N–H and O–H groups in total. The molecular weight excluding hydrogens is 435 g/mol. The van der Waals surface area contributed by atoms with Gasteiger partial charge in [-0.15, -0.1) is 0 Å². The van der Waals surface area contributed by atoms with Crippen molar-refractivity contribution in [3.05, 3.63) is 57.8 Å². The van der Waals surface area contributed by atoms with Crippen LogP contribution in [0.4, 0.5) is 15.8 Å². The lowest BCUT2D eigenvalue weighted by molar-refractivity contribution is -0.118. The van der Waals surface area contributed by atoms with Gasteiger partial charge in [0.05, 0.1) is 17.1 Å². The number of aryl methyl sites for hydroxylation is 1. The van der Waals surface area contributed by atoms with Crippen molar-refractivity contribution >= 4 is 43.2 Å². The fourth-order valence-corrected chi connectivity index (χ4v) is 4.63. The van der Waals surface area contributed by atoms with Gasteiger partial charge in [0.15, 0.2) is 0 Å². The minimum Gasteiger partial charge on any atom is -0.309 e. The topological polar surface area (TPSA) is 66.5 Å². The van der Waals surface area contributed by atoms with E-state index in [4.69, 9.17) is 0 Å². The predicted molar refractivity (Wildman–Crippen MR) is 108 cm³/mol. The van der Waals surface area contributed by atoms with E-state index >= 15 is 0 Å². The SMILES string of the molecule is CCCN1C(=O)CCc2cc(NS(=O)(=O)Cc3ccc(Br)cc3)cc(F)c21. The monoisotopic (exact) mass is 454 g/mol. The van der Waals surface area contributed by atoms with Crippen LogP contribution in [0.2, 0.25) is 0 Å². The van der Waals surface area contributed by atoms with Crippen molar-refractivity contribution in [2.24, 2.45) is 0 Å². The van der Waals surface area contributed by atoms with Crippen LogP contribution < -0.4 is 9.62 Å². The first kappa shape index (κ1) is 19.8. The molecule has 0 spiro atoms. The van der Waals surface area contributed by atoms with Gasteiger partial charge in [-0.3, -0.25) is 9.52 Å². The minimum atomic E-state index is -3.69. The van der Waals surface area contributed by atoms with Crippen molar-refractivity contribution < 1.29 is 17.6 Å². The van der Waals surface area contributed by atoms with Gasteiger partial charge < -0.3 is 4.90 Å². The maximum Gasteiger partial charge on any atom is 0.236 e. The lowest BCUT2D eigenvalue weighted by Gasteiger charge is -2.30. The van der Waals surface area contributed by atoms with Crippen LogP contribution in [0, 0.1) is 5.82 Å². The molecule has 0 unspecified atom stereocenters. The van der Waals surface area contributed by atoms with Gasteiger partial charge >= 0.3 is 0 Å². The highest BCUT2D eigenvalue weighted by atomic mass is 79.9. The third-order valence-corrected chi connectivity index (χ3v) is 6.10. The molecule has 1 aliphatic heterocycles. The molecule has 0 saturated heterocycles. The molecule has 0 aromatic heterocycles. The first-order valence-corrected chi connectivity index (χ1v) is 11.1. The highest BCUT2D eigenvalue weighted by molar-refractivity contribution is 9.10. The summed E-state index contributed by atoms with van der Waals surface area (Å²) in [5.74, 6) is -0.901. The second-order valence-corrected chi connectivity index (χ2v) is 9.14. The van der Waals surface area contributed by atoms with E-state index in [2.05, 4.69) is 20.7 Å². The summed E-state index contributed by atoms with van der Waals surface area (Å²) in [5, 5.41) is 0. The van der Waals surface area contributed by atoms with E-state index in [9.17, 15) is 17.6 Å². The van der Waals surface area contributed by atoms with Gasteiger partial charge in [-0.05, 0) is 42.2 Å². The van der Waals surface area contributed by atoms with E-state index in [1.807, 2.05) is 6.92 Å². The number of nitrogens with zero attached hydrogens (tertiary/aromatic N) is 1. The molecule has 0 fully saturated rings. The molecule has 3 rings (SSSR count). The van der Waals surface area contributed by atoms with E-state index in [1.165, 1.54) is 4.90 Å². The van der Waals surface area contributed by atoms with Crippen molar-refractivity contribution in [3.63, 3.8) is 0 Å². The number of carbonyl (C=O) groups excluding carboxylic acids is 1. The molecule has 1 amide bonds. The van der Waals surface area contributed by atoms with Gasteiger partial charge in [-0.2, -0.15) is 0 Å². The van der Waals surface area contributed by atoms with Gasteiger partial charge in [-0.25, -0.2) is 12.8 Å². The Hall–Kier alpha value is -1.93. The number of halogens is 2. The molecule has 0 bridgehead atoms. The molecule has 0 atom stereocenters. The fraction of sp³-hybridized carbons (Fsp3) is 0.316. The summed E-state index contributed by atoms with van der Waals surface area (Å²) in [6.45, 7) is 2.36. The van der Waals surface area contributed by atoms with Crippen LogP contribution in [-0.2, 0) is 27.0 Å². The van der Waals surface area contributed by atoms with Crippen LogP contribution in [0.25, 0.3) is 0 Å². The summed E-state index contributed by atoms with van der Waals surface area (Å²) >= 11 is 3.31. The highest BCUT2D eigenvalue weighted by Crippen LogP contribution is 2.34. The van der Waals surface area contributed by atoms with E-state index < -0.39 is 15.8 Å². The highest BCUT2D eigenvalue weighted by Gasteiger charge is 2.27. The Morgan fingerprint density at radius 2 is 1.89 bits per heavy atom. The molecule has 1 aliphatic rings. The Balaban J connectivity index is 1.85. The lowest BCUT2D eigenvalue weighted by Crippen LogP contribution is -2.36. The van der Waals surface area contributed by atoms with Crippen molar-refractivity contribution in [1.29, 1.82) is 0 Å². The first-order valence-electron chi connectivity index (χ1n) is 8.67. The molecule has 0 radical (unpaired) electrons. The Kier molecular flexibility index (Phi) is 5.86. The number of benzene rings is 2. The third-order valence-electron chi connectivity index (χ3n) is 4.31. The average Bonchev–Trinajstić information content (AvgIpc) is 2.59. The van der Waals surface area contributed by atoms with E-state index in [-0.39, 0.29) is 23.0 Å². The van der Waals surface area contributed by atoms with Gasteiger partial charge in [0.2, 0.25) is 15.9 Å². The Morgan fingerprint density at radius 3 is 2.56 bits per heavy atom. The van der Waals surface area contributed by atoms with Crippen molar-refractivity contribution in [1.82, 2.24) is 0 Å². The number of amides is 1. The maximum atomic E-state index is 14.7. The summed E-state index contributed by atoms with van der Waals surface area (Å²) < 4.78 is 42.9. The van der Waals surface area contributed by atoms with Gasteiger partial charge in [0, 0.05) is 23.5 Å². The summed E-state index contributed by atoms with van der Waals surface area (Å²) in [4.78, 5) is 13.5. The van der Waals surface area contributed by atoms with Crippen LogP contribution in [0.15, 0.2) is 40.9 Å². The van der Waals surface area contributed by atoms with E-state index in [1.54, 1.807) is 30.3 Å². The zero-order valence-electron chi connectivity index (χ0n) is 14.8. The Bertz CT molecular complexity index is 962. The molecule has 0 saturated carbocycles. The fourth-order valence-electron chi connectivity index (χ4n) is 3.18. The maximum absolute atomic E-state index is 14.7. The Morgan fingerprint density at radius 1 is 1.19 bits per heavy atom. The number of nitrogens with one attached hydrogen (secondary N) is 1. The number of hydrogen-bond acceptors (Lipinski definition) is 3. The molecule has 144 valence electrons. The quantitative estimate of drug-likeness (QED) is 0.710. The lowest BCUT2D eigenvalue weighted by atomic mass is 10.00. The molecule has 2 aromatic rings. The third kappa shape index (κ3) is 4.68. The second kappa shape index (κ2) is 7.98. The largest absolute Gasteiger partial charge is 0.309 e. The van der Waals surface area contributed by atoms with Gasteiger partial charge in [-0.1, -0.05) is 35.0 Å². The van der Waals surface area contributed by atoms with Gasteiger partial charge in [0.25, 0.3) is 0 Å². The minimum absolute atomic E-state index is 0.105. The zero-order chi connectivity index (χ0) is 19.6. The number of anilines is 2. The number of rotatable bonds is 6. The Labute approximate surface area is 166 Å². The average molecular weight is 455 g/mol. The van der Waals surface area contributed by atoms with Gasteiger partial charge in [0.1, 0.15) is 5.82 Å². The van der Waals surface area contributed by atoms with Crippen LogP contribution in [-0.4, -0.2) is 20.9 Å². The van der Waals surface area contributed by atoms with Crippen LogP contribution >= 0.6 is 15.9 Å². The number of carbonyl (C=O) groups is 1. The van der Waals surface area contributed by atoms with Crippen LogP contribution in [0.1, 0.15) is 30.9 Å². The summed E-state index contributed by atoms with van der Waals surface area (Å²) in [6.07, 6.45) is 1.40. The molecule has 8 heteroatoms. The van der Waals surface area contributed by atoms with Crippen molar-refractivity contribution in [2.75, 3.05) is 16.2 Å². The first-order chi connectivity index (χ1) is 12.8. The van der Waals surface area contributed by atoms with E-state index in [0.717, 1.165) is 10.5 Å². The smallest absolute Gasteiger partial charge is 0.236 e. The molecule has 5 nitrogen and oxygen atoms in total. The normalized spacial score (nSPS) is 14.2. The van der Waals surface area contributed by atoms with Crippen LogP contribution in [0.3, 0.4) is 0 Å².